The fourth-order valence-electron chi connectivity index (χ4n) is 2.62. The molecule has 3 heterocycles. The van der Waals surface area contributed by atoms with Crippen LogP contribution in [0.4, 0.5) is 5.69 Å². The number of carbonyl (C=O) groups is 2. The normalized spacial score (nSPS) is 10.7. The van der Waals surface area contributed by atoms with E-state index in [1.807, 2.05) is 6.07 Å². The summed E-state index contributed by atoms with van der Waals surface area (Å²) in [7, 11) is 0. The molecule has 13 heteroatoms. The van der Waals surface area contributed by atoms with Crippen LogP contribution in [0.5, 0.6) is 0 Å². The summed E-state index contributed by atoms with van der Waals surface area (Å²) in [5.74, 6) is -0.546. The van der Waals surface area contributed by atoms with Gasteiger partial charge in [-0.1, -0.05) is 6.07 Å². The number of carboxylic acids is 1. The molecule has 0 bridgehead atoms. The number of aromatic nitrogens is 6. The van der Waals surface area contributed by atoms with Gasteiger partial charge in [-0.05, 0) is 24.3 Å². The highest BCUT2D eigenvalue weighted by molar-refractivity contribution is 5.90. The van der Waals surface area contributed by atoms with Gasteiger partial charge in [0.25, 0.3) is 0 Å². The molecule has 0 saturated heterocycles. The quantitative estimate of drug-likeness (QED) is 0.297. The second-order valence-electron chi connectivity index (χ2n) is 6.97. The first-order valence-electron chi connectivity index (χ1n) is 10.8. The highest BCUT2D eigenvalue weighted by Gasteiger charge is 2.09. The zero-order chi connectivity index (χ0) is 24.7. The molecule has 1 amide bonds. The van der Waals surface area contributed by atoms with Gasteiger partial charge in [0.2, 0.25) is 17.6 Å². The van der Waals surface area contributed by atoms with E-state index < -0.39 is 5.97 Å². The van der Waals surface area contributed by atoms with Crippen molar-refractivity contribution < 1.29 is 28.9 Å². The standard InChI is InChI=1S/C22H25N7O6/c30-19(6-9-33-11-13-35-14-12-34-10-7-20(31)32)25-16-4-5-18(24-15-16)22-28-26-21(27-29-22)17-3-1-2-8-23-17/h1-5,8,15H,6-7,9-14H2,(H,25,30)(H,31,32). The molecule has 0 aliphatic rings. The minimum Gasteiger partial charge on any atom is -0.481 e. The van der Waals surface area contributed by atoms with Gasteiger partial charge in [0.1, 0.15) is 11.4 Å². The molecule has 3 aromatic heterocycles. The number of ether oxygens (including phenoxy) is 3. The topological polar surface area (TPSA) is 171 Å². The predicted octanol–water partition coefficient (Wildman–Crippen LogP) is 1.24. The Hall–Kier alpha value is -3.94. The number of pyridine rings is 2. The molecule has 0 radical (unpaired) electrons. The largest absolute Gasteiger partial charge is 0.481 e. The first kappa shape index (κ1) is 25.7. The summed E-state index contributed by atoms with van der Waals surface area (Å²) in [6, 6.07) is 8.72. The molecule has 0 spiro atoms. The van der Waals surface area contributed by atoms with E-state index in [1.54, 1.807) is 30.5 Å². The molecule has 0 aliphatic heterocycles. The molecule has 0 unspecified atom stereocenters. The second-order valence-corrected chi connectivity index (χ2v) is 6.97. The maximum absolute atomic E-state index is 12.1. The van der Waals surface area contributed by atoms with Crippen molar-refractivity contribution in [2.24, 2.45) is 0 Å². The van der Waals surface area contributed by atoms with Gasteiger partial charge in [-0.3, -0.25) is 19.6 Å². The maximum atomic E-state index is 12.1. The smallest absolute Gasteiger partial charge is 0.305 e. The van der Waals surface area contributed by atoms with Gasteiger partial charge in [0.05, 0.1) is 64.4 Å². The third-order valence-electron chi connectivity index (χ3n) is 4.33. The molecule has 184 valence electrons. The van der Waals surface area contributed by atoms with Gasteiger partial charge in [-0.25, -0.2) is 0 Å². The van der Waals surface area contributed by atoms with Crippen molar-refractivity contribution in [3.63, 3.8) is 0 Å². The lowest BCUT2D eigenvalue weighted by Gasteiger charge is -2.07. The highest BCUT2D eigenvalue weighted by atomic mass is 16.5. The van der Waals surface area contributed by atoms with Crippen LogP contribution < -0.4 is 5.32 Å². The average Bonchev–Trinajstić information content (AvgIpc) is 2.88. The van der Waals surface area contributed by atoms with Gasteiger partial charge in [-0.15, -0.1) is 20.4 Å². The predicted molar refractivity (Wildman–Crippen MR) is 122 cm³/mol. The van der Waals surface area contributed by atoms with Gasteiger partial charge in [0.15, 0.2) is 0 Å². The Balaban J connectivity index is 1.30. The fraction of sp³-hybridized carbons (Fsp3) is 0.364. The monoisotopic (exact) mass is 483 g/mol. The van der Waals surface area contributed by atoms with Crippen LogP contribution in [0.1, 0.15) is 12.8 Å². The third-order valence-corrected chi connectivity index (χ3v) is 4.33. The zero-order valence-electron chi connectivity index (χ0n) is 18.9. The van der Waals surface area contributed by atoms with E-state index in [1.165, 1.54) is 6.20 Å². The Morgan fingerprint density at radius 2 is 1.34 bits per heavy atom. The van der Waals surface area contributed by atoms with E-state index in [0.29, 0.717) is 49.3 Å². The molecule has 2 N–H and O–H groups in total. The van der Waals surface area contributed by atoms with Crippen molar-refractivity contribution in [3.05, 3.63) is 42.7 Å². The summed E-state index contributed by atoms with van der Waals surface area (Å²) in [6.45, 7) is 1.74. The van der Waals surface area contributed by atoms with E-state index in [4.69, 9.17) is 19.3 Å². The second kappa shape index (κ2) is 14.3. The van der Waals surface area contributed by atoms with Crippen LogP contribution >= 0.6 is 0 Å². The molecule has 0 fully saturated rings. The summed E-state index contributed by atoms with van der Waals surface area (Å²) in [6.07, 6.45) is 3.27. The van der Waals surface area contributed by atoms with Gasteiger partial charge in [0, 0.05) is 6.20 Å². The molecular formula is C22H25N7O6. The summed E-state index contributed by atoms with van der Waals surface area (Å²) in [4.78, 5) is 30.8. The van der Waals surface area contributed by atoms with Crippen LogP contribution in [0.3, 0.4) is 0 Å². The molecule has 13 nitrogen and oxygen atoms in total. The number of rotatable bonds is 15. The van der Waals surface area contributed by atoms with Gasteiger partial charge in [-0.2, -0.15) is 0 Å². The molecule has 3 aromatic rings. The van der Waals surface area contributed by atoms with Crippen molar-refractivity contribution in [2.75, 3.05) is 45.0 Å². The molecule has 0 atom stereocenters. The fourth-order valence-corrected chi connectivity index (χ4v) is 2.62. The van der Waals surface area contributed by atoms with Gasteiger partial charge >= 0.3 is 5.97 Å². The number of anilines is 1. The van der Waals surface area contributed by atoms with E-state index in [-0.39, 0.29) is 37.8 Å². The van der Waals surface area contributed by atoms with Crippen LogP contribution in [0, 0.1) is 0 Å². The van der Waals surface area contributed by atoms with Crippen LogP contribution in [-0.4, -0.2) is 87.0 Å². The lowest BCUT2D eigenvalue weighted by Crippen LogP contribution is -2.16. The van der Waals surface area contributed by atoms with Crippen molar-refractivity contribution in [1.29, 1.82) is 0 Å². The number of hydrogen-bond donors (Lipinski definition) is 2. The Morgan fingerprint density at radius 1 is 0.743 bits per heavy atom. The number of nitrogens with one attached hydrogen (secondary N) is 1. The molecule has 35 heavy (non-hydrogen) atoms. The van der Waals surface area contributed by atoms with Gasteiger partial charge < -0.3 is 24.6 Å². The van der Waals surface area contributed by atoms with E-state index in [0.717, 1.165) is 0 Å². The SMILES string of the molecule is O=C(O)CCOCCOCCOCCC(=O)Nc1ccc(-c2nnc(-c3ccccn3)nn2)nc1. The van der Waals surface area contributed by atoms with E-state index in [9.17, 15) is 9.59 Å². The number of carbonyl (C=O) groups excluding carboxylic acids is 1. The Morgan fingerprint density at radius 3 is 1.89 bits per heavy atom. The lowest BCUT2D eigenvalue weighted by atomic mass is 10.3. The van der Waals surface area contributed by atoms with Crippen LogP contribution in [-0.2, 0) is 23.8 Å². The molecule has 0 aromatic carbocycles. The van der Waals surface area contributed by atoms with Crippen LogP contribution in [0.15, 0.2) is 42.7 Å². The summed E-state index contributed by atoms with van der Waals surface area (Å²) >= 11 is 0. The maximum Gasteiger partial charge on any atom is 0.305 e. The van der Waals surface area contributed by atoms with E-state index >= 15 is 0 Å². The lowest BCUT2D eigenvalue weighted by molar-refractivity contribution is -0.138. The number of hydrogen-bond acceptors (Lipinski definition) is 11. The molecule has 3 rings (SSSR count). The summed E-state index contributed by atoms with van der Waals surface area (Å²) in [5, 5.41) is 27.4. The Kier molecular flexibility index (Phi) is 10.5. The third kappa shape index (κ3) is 9.44. The number of amides is 1. The first-order chi connectivity index (χ1) is 17.1. The minimum absolute atomic E-state index is 0.0319. The van der Waals surface area contributed by atoms with Crippen molar-refractivity contribution in [1.82, 2.24) is 30.4 Å². The van der Waals surface area contributed by atoms with Crippen molar-refractivity contribution in [3.8, 4) is 23.0 Å². The van der Waals surface area contributed by atoms with E-state index in [2.05, 4.69) is 35.7 Å². The number of carboxylic acid groups (broad SMARTS) is 1. The average molecular weight is 483 g/mol. The number of aliphatic carboxylic acids is 1. The number of nitrogens with zero attached hydrogens (tertiary/aromatic N) is 6. The van der Waals surface area contributed by atoms with Crippen molar-refractivity contribution >= 4 is 17.6 Å². The molecule has 0 saturated carbocycles. The first-order valence-corrected chi connectivity index (χ1v) is 10.8. The Labute approximate surface area is 200 Å². The summed E-state index contributed by atoms with van der Waals surface area (Å²) < 4.78 is 15.8. The summed E-state index contributed by atoms with van der Waals surface area (Å²) in [5.41, 5.74) is 1.56. The molecular weight excluding hydrogens is 458 g/mol. The van der Waals surface area contributed by atoms with Crippen LogP contribution in [0.25, 0.3) is 23.0 Å². The minimum atomic E-state index is -0.899. The van der Waals surface area contributed by atoms with Crippen LogP contribution in [0.2, 0.25) is 0 Å². The Bertz CT molecular complexity index is 1050. The van der Waals surface area contributed by atoms with Crippen molar-refractivity contribution in [2.45, 2.75) is 12.8 Å². The molecule has 0 aliphatic carbocycles. The highest BCUT2D eigenvalue weighted by Crippen LogP contribution is 2.15. The zero-order valence-corrected chi connectivity index (χ0v) is 18.9.